The van der Waals surface area contributed by atoms with E-state index < -0.39 is 5.91 Å². The van der Waals surface area contributed by atoms with E-state index in [2.05, 4.69) is 15.3 Å². The molecular formula is C16H12N4O2. The van der Waals surface area contributed by atoms with Gasteiger partial charge >= 0.3 is 0 Å². The zero-order valence-electron chi connectivity index (χ0n) is 11.5. The molecule has 0 atom stereocenters. The average Bonchev–Trinajstić information content (AvgIpc) is 2.54. The number of rotatable bonds is 3. The standard InChI is InChI=1S/C16H12N4O2/c17-15(21)11-5-7-19-14(9-11)20-16(22)12-3-4-13-10(8-12)2-1-6-18-13/h1-9H,(H2,17,21)(H,19,20,22). The highest BCUT2D eigenvalue weighted by Crippen LogP contribution is 2.15. The lowest BCUT2D eigenvalue weighted by Gasteiger charge is -2.06. The summed E-state index contributed by atoms with van der Waals surface area (Å²) in [4.78, 5) is 31.6. The third-order valence-electron chi connectivity index (χ3n) is 3.15. The number of benzene rings is 1. The number of primary amides is 1. The number of nitrogens with zero attached hydrogens (tertiary/aromatic N) is 2. The van der Waals surface area contributed by atoms with Gasteiger partial charge in [0.15, 0.2) is 0 Å². The van der Waals surface area contributed by atoms with E-state index in [0.29, 0.717) is 5.56 Å². The predicted octanol–water partition coefficient (Wildman–Crippen LogP) is 1.98. The van der Waals surface area contributed by atoms with Gasteiger partial charge in [-0.15, -0.1) is 0 Å². The molecule has 0 saturated carbocycles. The Morgan fingerprint density at radius 1 is 0.955 bits per heavy atom. The van der Waals surface area contributed by atoms with Gasteiger partial charge in [0, 0.05) is 28.9 Å². The maximum Gasteiger partial charge on any atom is 0.256 e. The summed E-state index contributed by atoms with van der Waals surface area (Å²) in [6.45, 7) is 0. The summed E-state index contributed by atoms with van der Waals surface area (Å²) in [5.41, 5.74) is 6.78. The number of fused-ring (bicyclic) bond motifs is 1. The molecule has 0 saturated heterocycles. The SMILES string of the molecule is NC(=O)c1ccnc(NC(=O)c2ccc3ncccc3c2)c1. The topological polar surface area (TPSA) is 98.0 Å². The number of carbonyl (C=O) groups is 2. The highest BCUT2D eigenvalue weighted by atomic mass is 16.2. The molecule has 6 heteroatoms. The second-order valence-electron chi connectivity index (χ2n) is 4.66. The summed E-state index contributed by atoms with van der Waals surface area (Å²) >= 11 is 0. The minimum absolute atomic E-state index is 0.271. The van der Waals surface area contributed by atoms with Crippen LogP contribution in [0.25, 0.3) is 10.9 Å². The summed E-state index contributed by atoms with van der Waals surface area (Å²) in [5, 5.41) is 3.51. The van der Waals surface area contributed by atoms with Crippen LogP contribution >= 0.6 is 0 Å². The van der Waals surface area contributed by atoms with Crippen LogP contribution in [0.15, 0.2) is 54.9 Å². The van der Waals surface area contributed by atoms with Crippen LogP contribution < -0.4 is 11.1 Å². The fraction of sp³-hybridized carbons (Fsp3) is 0. The van der Waals surface area contributed by atoms with Gasteiger partial charge in [0.05, 0.1) is 5.52 Å². The molecule has 0 unspecified atom stereocenters. The molecule has 0 fully saturated rings. The minimum Gasteiger partial charge on any atom is -0.366 e. The van der Waals surface area contributed by atoms with E-state index in [0.717, 1.165) is 10.9 Å². The molecule has 0 aliphatic carbocycles. The van der Waals surface area contributed by atoms with E-state index in [1.165, 1.54) is 18.3 Å². The molecule has 0 bridgehead atoms. The summed E-state index contributed by atoms with van der Waals surface area (Å²) in [7, 11) is 0. The molecule has 0 aliphatic heterocycles. The molecule has 6 nitrogen and oxygen atoms in total. The van der Waals surface area contributed by atoms with Gasteiger partial charge in [-0.2, -0.15) is 0 Å². The van der Waals surface area contributed by atoms with E-state index in [1.807, 2.05) is 12.1 Å². The lowest BCUT2D eigenvalue weighted by Crippen LogP contribution is -2.15. The van der Waals surface area contributed by atoms with Gasteiger partial charge in [-0.1, -0.05) is 6.07 Å². The lowest BCUT2D eigenvalue weighted by atomic mass is 10.1. The van der Waals surface area contributed by atoms with Gasteiger partial charge in [-0.3, -0.25) is 14.6 Å². The number of nitrogens with two attached hydrogens (primary N) is 1. The van der Waals surface area contributed by atoms with Crippen molar-refractivity contribution < 1.29 is 9.59 Å². The Bertz CT molecular complexity index is 877. The van der Waals surface area contributed by atoms with Crippen molar-refractivity contribution in [2.75, 3.05) is 5.32 Å². The Morgan fingerprint density at radius 2 is 1.82 bits per heavy atom. The van der Waals surface area contributed by atoms with Gasteiger partial charge in [-0.25, -0.2) is 4.98 Å². The lowest BCUT2D eigenvalue weighted by molar-refractivity contribution is 0.0996. The van der Waals surface area contributed by atoms with Crippen molar-refractivity contribution in [3.05, 3.63) is 66.0 Å². The minimum atomic E-state index is -0.574. The van der Waals surface area contributed by atoms with Crippen LogP contribution in [-0.4, -0.2) is 21.8 Å². The quantitative estimate of drug-likeness (QED) is 0.771. The molecule has 0 aliphatic rings. The van der Waals surface area contributed by atoms with E-state index in [4.69, 9.17) is 5.73 Å². The summed E-state index contributed by atoms with van der Waals surface area (Å²) in [6.07, 6.45) is 3.11. The molecule has 0 spiro atoms. The van der Waals surface area contributed by atoms with Crippen LogP contribution in [0.4, 0.5) is 5.82 Å². The average molecular weight is 292 g/mol. The first-order valence-corrected chi connectivity index (χ1v) is 6.55. The third-order valence-corrected chi connectivity index (χ3v) is 3.15. The van der Waals surface area contributed by atoms with Crippen LogP contribution in [0, 0.1) is 0 Å². The second kappa shape index (κ2) is 5.61. The molecule has 3 aromatic rings. The largest absolute Gasteiger partial charge is 0.366 e. The Balaban J connectivity index is 1.86. The van der Waals surface area contributed by atoms with E-state index >= 15 is 0 Å². The normalized spacial score (nSPS) is 10.4. The van der Waals surface area contributed by atoms with Gasteiger partial charge in [0.2, 0.25) is 5.91 Å². The van der Waals surface area contributed by atoms with Crippen molar-refractivity contribution in [2.45, 2.75) is 0 Å². The first kappa shape index (κ1) is 13.7. The van der Waals surface area contributed by atoms with Crippen molar-refractivity contribution in [1.29, 1.82) is 0 Å². The van der Waals surface area contributed by atoms with Crippen molar-refractivity contribution in [1.82, 2.24) is 9.97 Å². The first-order chi connectivity index (χ1) is 10.6. The van der Waals surface area contributed by atoms with Crippen molar-refractivity contribution >= 4 is 28.5 Å². The zero-order valence-corrected chi connectivity index (χ0v) is 11.5. The van der Waals surface area contributed by atoms with Gasteiger partial charge in [-0.05, 0) is 36.4 Å². The van der Waals surface area contributed by atoms with E-state index in [-0.39, 0.29) is 17.3 Å². The molecule has 2 heterocycles. The second-order valence-corrected chi connectivity index (χ2v) is 4.66. The van der Waals surface area contributed by atoms with E-state index in [9.17, 15) is 9.59 Å². The van der Waals surface area contributed by atoms with Gasteiger partial charge in [0.25, 0.3) is 5.91 Å². The molecular weight excluding hydrogens is 280 g/mol. The molecule has 3 rings (SSSR count). The molecule has 0 radical (unpaired) electrons. The molecule has 3 N–H and O–H groups in total. The number of hydrogen-bond donors (Lipinski definition) is 2. The fourth-order valence-corrected chi connectivity index (χ4v) is 2.06. The number of aromatic nitrogens is 2. The number of nitrogens with one attached hydrogen (secondary N) is 1. The number of hydrogen-bond acceptors (Lipinski definition) is 4. The Hall–Kier alpha value is -3.28. The monoisotopic (exact) mass is 292 g/mol. The van der Waals surface area contributed by atoms with Crippen LogP contribution in [0.5, 0.6) is 0 Å². The number of carbonyl (C=O) groups excluding carboxylic acids is 2. The van der Waals surface area contributed by atoms with Gasteiger partial charge in [0.1, 0.15) is 5.82 Å². The predicted molar refractivity (Wildman–Crippen MR) is 82.5 cm³/mol. The maximum atomic E-state index is 12.3. The van der Waals surface area contributed by atoms with Crippen molar-refractivity contribution in [2.24, 2.45) is 5.73 Å². The Labute approximate surface area is 126 Å². The summed E-state index contributed by atoms with van der Waals surface area (Å²) < 4.78 is 0. The Morgan fingerprint density at radius 3 is 2.64 bits per heavy atom. The summed E-state index contributed by atoms with van der Waals surface area (Å²) in [6, 6.07) is 11.8. The van der Waals surface area contributed by atoms with Crippen LogP contribution in [0.1, 0.15) is 20.7 Å². The smallest absolute Gasteiger partial charge is 0.256 e. The third kappa shape index (κ3) is 2.76. The molecule has 1 aromatic carbocycles. The summed E-state index contributed by atoms with van der Waals surface area (Å²) in [5.74, 6) is -0.623. The fourth-order valence-electron chi connectivity index (χ4n) is 2.06. The highest BCUT2D eigenvalue weighted by molar-refractivity contribution is 6.06. The van der Waals surface area contributed by atoms with Gasteiger partial charge < -0.3 is 11.1 Å². The maximum absolute atomic E-state index is 12.3. The number of pyridine rings is 2. The molecule has 108 valence electrons. The highest BCUT2D eigenvalue weighted by Gasteiger charge is 2.09. The first-order valence-electron chi connectivity index (χ1n) is 6.55. The number of anilines is 1. The molecule has 2 aromatic heterocycles. The van der Waals surface area contributed by atoms with Crippen LogP contribution in [0.2, 0.25) is 0 Å². The van der Waals surface area contributed by atoms with Crippen LogP contribution in [0.3, 0.4) is 0 Å². The zero-order chi connectivity index (χ0) is 15.5. The Kier molecular flexibility index (Phi) is 3.49. The molecule has 2 amide bonds. The van der Waals surface area contributed by atoms with E-state index in [1.54, 1.807) is 24.4 Å². The van der Waals surface area contributed by atoms with Crippen LogP contribution in [-0.2, 0) is 0 Å². The number of amides is 2. The molecule has 22 heavy (non-hydrogen) atoms. The van der Waals surface area contributed by atoms with Crippen molar-refractivity contribution in [3.63, 3.8) is 0 Å². The van der Waals surface area contributed by atoms with Crippen molar-refractivity contribution in [3.8, 4) is 0 Å².